The number of benzene rings is 2. The minimum atomic E-state index is -0.380. The van der Waals surface area contributed by atoms with Crippen molar-refractivity contribution in [1.82, 2.24) is 14.9 Å². The summed E-state index contributed by atoms with van der Waals surface area (Å²) in [5, 5.41) is 4.14. The van der Waals surface area contributed by atoms with Crippen molar-refractivity contribution < 1.29 is 4.79 Å². The highest BCUT2D eigenvalue weighted by molar-refractivity contribution is 8.00. The quantitative estimate of drug-likeness (QED) is 0.387. The van der Waals surface area contributed by atoms with Crippen LogP contribution >= 0.6 is 23.4 Å². The van der Waals surface area contributed by atoms with E-state index in [4.69, 9.17) is 16.6 Å². The molecule has 0 aliphatic heterocycles. The highest BCUT2D eigenvalue weighted by atomic mass is 35.5. The first-order valence-corrected chi connectivity index (χ1v) is 11.9. The van der Waals surface area contributed by atoms with Gasteiger partial charge in [0.05, 0.1) is 21.8 Å². The third-order valence-corrected chi connectivity index (χ3v) is 7.00. The number of aromatic nitrogens is 2. The van der Waals surface area contributed by atoms with Crippen LogP contribution in [0.4, 0.5) is 0 Å². The van der Waals surface area contributed by atoms with Crippen molar-refractivity contribution >= 4 is 40.2 Å². The lowest BCUT2D eigenvalue weighted by molar-refractivity contribution is -0.120. The van der Waals surface area contributed by atoms with Crippen molar-refractivity contribution in [3.05, 3.63) is 63.4 Å². The molecule has 1 N–H and O–H groups in total. The summed E-state index contributed by atoms with van der Waals surface area (Å²) in [4.78, 5) is 30.7. The summed E-state index contributed by atoms with van der Waals surface area (Å²) in [5.41, 5.74) is 2.32. The number of hydrogen-bond donors (Lipinski definition) is 1. The summed E-state index contributed by atoms with van der Waals surface area (Å²) in [6.45, 7) is 6.18. The van der Waals surface area contributed by atoms with E-state index in [1.807, 2.05) is 19.1 Å². The molecular formula is C24H26ClN3O2S. The summed E-state index contributed by atoms with van der Waals surface area (Å²) in [5.74, 6) is 0.411. The maximum Gasteiger partial charge on any atom is 0.266 e. The molecule has 3 aromatic rings. The number of halogens is 1. The molecule has 1 aromatic heterocycles. The number of nitrogens with zero attached hydrogens (tertiary/aromatic N) is 2. The molecule has 0 saturated heterocycles. The zero-order valence-electron chi connectivity index (χ0n) is 17.9. The fourth-order valence-corrected chi connectivity index (χ4v) is 4.49. The second-order valence-corrected chi connectivity index (χ2v) is 9.88. The number of hydrogen-bond acceptors (Lipinski definition) is 4. The van der Waals surface area contributed by atoms with Gasteiger partial charge in [0.15, 0.2) is 5.16 Å². The van der Waals surface area contributed by atoms with Gasteiger partial charge in [-0.2, -0.15) is 0 Å². The van der Waals surface area contributed by atoms with Crippen LogP contribution in [0.15, 0.2) is 52.4 Å². The first-order chi connectivity index (χ1) is 14.9. The largest absolute Gasteiger partial charge is 0.352 e. The van der Waals surface area contributed by atoms with E-state index in [-0.39, 0.29) is 22.8 Å². The zero-order chi connectivity index (χ0) is 22.1. The van der Waals surface area contributed by atoms with Crippen molar-refractivity contribution in [1.29, 1.82) is 0 Å². The van der Waals surface area contributed by atoms with Gasteiger partial charge >= 0.3 is 0 Å². The zero-order valence-corrected chi connectivity index (χ0v) is 19.5. The first-order valence-electron chi connectivity index (χ1n) is 10.7. The topological polar surface area (TPSA) is 64.0 Å². The summed E-state index contributed by atoms with van der Waals surface area (Å²) in [6, 6.07) is 13.4. The Morgan fingerprint density at radius 2 is 1.94 bits per heavy atom. The standard InChI is InChI=1S/C24H26ClN3O2S/c1-4-14(2)16-5-10-19(11-6-16)28-23(30)20-12-7-17(25)13-21(20)27-24(28)31-15(3)22(29)26-18-8-9-18/h5-7,10-15,18H,4,8-9H2,1-3H3,(H,26,29)/t14-,15+/m1/s1. The molecule has 7 heteroatoms. The molecule has 5 nitrogen and oxygen atoms in total. The van der Waals surface area contributed by atoms with E-state index in [1.54, 1.807) is 22.8 Å². The van der Waals surface area contributed by atoms with Gasteiger partial charge in [-0.1, -0.05) is 49.3 Å². The number of rotatable bonds is 7. The van der Waals surface area contributed by atoms with E-state index < -0.39 is 0 Å². The molecule has 1 aliphatic rings. The predicted molar refractivity (Wildman–Crippen MR) is 128 cm³/mol. The van der Waals surface area contributed by atoms with Crippen LogP contribution < -0.4 is 10.9 Å². The average Bonchev–Trinajstić information content (AvgIpc) is 3.57. The third-order valence-electron chi connectivity index (χ3n) is 5.71. The van der Waals surface area contributed by atoms with Crippen LogP contribution in [0.25, 0.3) is 16.6 Å². The number of nitrogens with one attached hydrogen (secondary N) is 1. The summed E-state index contributed by atoms with van der Waals surface area (Å²) in [7, 11) is 0. The SMILES string of the molecule is CC[C@@H](C)c1ccc(-n2c(S[C@@H](C)C(=O)NC3CC3)nc3cc(Cl)ccc3c2=O)cc1. The van der Waals surface area contributed by atoms with Crippen LogP contribution in [0.2, 0.25) is 5.02 Å². The third kappa shape index (κ3) is 4.80. The monoisotopic (exact) mass is 455 g/mol. The fraction of sp³-hybridized carbons (Fsp3) is 0.375. The van der Waals surface area contributed by atoms with Crippen molar-refractivity contribution in [2.24, 2.45) is 0 Å². The van der Waals surface area contributed by atoms with Crippen LogP contribution in [0, 0.1) is 0 Å². The van der Waals surface area contributed by atoms with E-state index in [0.717, 1.165) is 24.9 Å². The van der Waals surface area contributed by atoms with Crippen LogP contribution in [0.1, 0.15) is 51.5 Å². The first kappa shape index (κ1) is 21.9. The maximum absolute atomic E-state index is 13.4. The Bertz CT molecular complexity index is 1170. The highest BCUT2D eigenvalue weighted by Gasteiger charge is 2.27. The maximum atomic E-state index is 13.4. The van der Waals surface area contributed by atoms with Crippen LogP contribution in [0.3, 0.4) is 0 Å². The molecule has 1 fully saturated rings. The number of carbonyl (C=O) groups is 1. The van der Waals surface area contributed by atoms with E-state index in [2.05, 4.69) is 31.3 Å². The lowest BCUT2D eigenvalue weighted by atomic mass is 9.98. The Morgan fingerprint density at radius 3 is 2.58 bits per heavy atom. The second-order valence-electron chi connectivity index (χ2n) is 8.14. The van der Waals surface area contributed by atoms with Crippen molar-refractivity contribution in [3.8, 4) is 5.69 Å². The Morgan fingerprint density at radius 1 is 1.23 bits per heavy atom. The predicted octanol–water partition coefficient (Wildman–Crippen LogP) is 5.31. The smallest absolute Gasteiger partial charge is 0.266 e. The Labute approximate surface area is 191 Å². The number of carbonyl (C=O) groups excluding carboxylic acids is 1. The van der Waals surface area contributed by atoms with Crippen molar-refractivity contribution in [3.63, 3.8) is 0 Å². The van der Waals surface area contributed by atoms with E-state index in [0.29, 0.717) is 27.0 Å². The van der Waals surface area contributed by atoms with Gasteiger partial charge in [-0.25, -0.2) is 4.98 Å². The van der Waals surface area contributed by atoms with Gasteiger partial charge in [-0.05, 0) is 68.0 Å². The summed E-state index contributed by atoms with van der Waals surface area (Å²) >= 11 is 7.43. The summed E-state index contributed by atoms with van der Waals surface area (Å²) < 4.78 is 1.60. The molecule has 4 rings (SSSR count). The molecule has 1 saturated carbocycles. The molecule has 2 aromatic carbocycles. The second kappa shape index (κ2) is 9.05. The Kier molecular flexibility index (Phi) is 6.39. The van der Waals surface area contributed by atoms with Gasteiger partial charge < -0.3 is 5.32 Å². The lowest BCUT2D eigenvalue weighted by Gasteiger charge is -2.17. The van der Waals surface area contributed by atoms with Gasteiger partial charge in [0, 0.05) is 11.1 Å². The average molecular weight is 456 g/mol. The molecule has 0 unspecified atom stereocenters. The van der Waals surface area contributed by atoms with Crippen LogP contribution in [-0.4, -0.2) is 26.8 Å². The van der Waals surface area contributed by atoms with Crippen LogP contribution in [-0.2, 0) is 4.79 Å². The Balaban J connectivity index is 1.78. The number of fused-ring (bicyclic) bond motifs is 1. The van der Waals surface area contributed by atoms with Crippen molar-refractivity contribution in [2.75, 3.05) is 0 Å². The van der Waals surface area contributed by atoms with E-state index in [9.17, 15) is 9.59 Å². The van der Waals surface area contributed by atoms with Crippen molar-refractivity contribution in [2.45, 2.75) is 62.4 Å². The molecule has 0 spiro atoms. The molecule has 0 radical (unpaired) electrons. The minimum absolute atomic E-state index is 0.0355. The van der Waals surface area contributed by atoms with Gasteiger partial charge in [0.1, 0.15) is 0 Å². The van der Waals surface area contributed by atoms with E-state index in [1.165, 1.54) is 17.3 Å². The molecule has 0 bridgehead atoms. The Hall–Kier alpha value is -2.31. The number of thioether (sulfide) groups is 1. The molecule has 1 amide bonds. The van der Waals surface area contributed by atoms with Gasteiger partial charge in [0.2, 0.25) is 5.91 Å². The van der Waals surface area contributed by atoms with E-state index >= 15 is 0 Å². The lowest BCUT2D eigenvalue weighted by Crippen LogP contribution is -2.33. The molecule has 1 heterocycles. The molecule has 2 atom stereocenters. The fourth-order valence-electron chi connectivity index (χ4n) is 3.39. The van der Waals surface area contributed by atoms with Gasteiger partial charge in [-0.15, -0.1) is 0 Å². The van der Waals surface area contributed by atoms with Gasteiger partial charge in [0.25, 0.3) is 5.56 Å². The number of amides is 1. The van der Waals surface area contributed by atoms with Gasteiger partial charge in [-0.3, -0.25) is 14.2 Å². The molecular weight excluding hydrogens is 430 g/mol. The highest BCUT2D eigenvalue weighted by Crippen LogP contribution is 2.28. The molecule has 31 heavy (non-hydrogen) atoms. The summed E-state index contributed by atoms with van der Waals surface area (Å²) in [6.07, 6.45) is 3.11. The normalized spacial score (nSPS) is 15.6. The molecule has 162 valence electrons. The molecule has 1 aliphatic carbocycles. The van der Waals surface area contributed by atoms with Crippen LogP contribution in [0.5, 0.6) is 0 Å². The minimum Gasteiger partial charge on any atom is -0.352 e.